The third-order valence-corrected chi connectivity index (χ3v) is 3.42. The molecule has 17 heavy (non-hydrogen) atoms. The number of aromatic nitrogens is 2. The van der Waals surface area contributed by atoms with Gasteiger partial charge in [-0.05, 0) is 32.6 Å². The van der Waals surface area contributed by atoms with E-state index in [1.807, 2.05) is 0 Å². The van der Waals surface area contributed by atoms with Gasteiger partial charge in [0.1, 0.15) is 18.0 Å². The maximum atomic E-state index is 4.40. The smallest absolute Gasteiger partial charge is 0.134 e. The van der Waals surface area contributed by atoms with Gasteiger partial charge in [0, 0.05) is 25.2 Å². The van der Waals surface area contributed by atoms with Crippen molar-refractivity contribution in [2.75, 3.05) is 23.3 Å². The van der Waals surface area contributed by atoms with E-state index < -0.39 is 0 Å². The van der Waals surface area contributed by atoms with Gasteiger partial charge >= 0.3 is 0 Å². The fourth-order valence-corrected chi connectivity index (χ4v) is 2.39. The SMILES string of the molecule is CCNc1cc(N2CC(C)CCC2C)ncn1. The van der Waals surface area contributed by atoms with Crippen molar-refractivity contribution < 1.29 is 0 Å². The summed E-state index contributed by atoms with van der Waals surface area (Å²) in [6, 6.07) is 2.63. The van der Waals surface area contributed by atoms with Crippen molar-refractivity contribution in [3.63, 3.8) is 0 Å². The van der Waals surface area contributed by atoms with Crippen LogP contribution < -0.4 is 10.2 Å². The number of rotatable bonds is 3. The molecule has 1 aliphatic rings. The van der Waals surface area contributed by atoms with Gasteiger partial charge in [-0.3, -0.25) is 0 Å². The summed E-state index contributed by atoms with van der Waals surface area (Å²) in [6.07, 6.45) is 4.23. The fraction of sp³-hybridized carbons (Fsp3) is 0.692. The minimum absolute atomic E-state index is 0.579. The highest BCUT2D eigenvalue weighted by Crippen LogP contribution is 2.26. The maximum Gasteiger partial charge on any atom is 0.134 e. The second-order valence-corrected chi connectivity index (χ2v) is 4.98. The molecule has 2 atom stereocenters. The van der Waals surface area contributed by atoms with E-state index in [-0.39, 0.29) is 0 Å². The Morgan fingerprint density at radius 2 is 2.18 bits per heavy atom. The van der Waals surface area contributed by atoms with Crippen LogP contribution in [-0.4, -0.2) is 29.1 Å². The minimum Gasteiger partial charge on any atom is -0.370 e. The second-order valence-electron chi connectivity index (χ2n) is 4.98. The molecule has 4 heteroatoms. The monoisotopic (exact) mass is 234 g/mol. The Kier molecular flexibility index (Phi) is 3.82. The molecule has 0 aliphatic carbocycles. The number of anilines is 2. The molecule has 2 unspecified atom stereocenters. The number of piperidine rings is 1. The molecule has 2 heterocycles. The van der Waals surface area contributed by atoms with Gasteiger partial charge in [-0.25, -0.2) is 9.97 Å². The van der Waals surface area contributed by atoms with Gasteiger partial charge in [-0.15, -0.1) is 0 Å². The summed E-state index contributed by atoms with van der Waals surface area (Å²) in [6.45, 7) is 8.66. The van der Waals surface area contributed by atoms with E-state index in [0.29, 0.717) is 6.04 Å². The first-order chi connectivity index (χ1) is 8.20. The highest BCUT2D eigenvalue weighted by atomic mass is 15.2. The Morgan fingerprint density at radius 3 is 2.94 bits per heavy atom. The maximum absolute atomic E-state index is 4.40. The van der Waals surface area contributed by atoms with Crippen molar-refractivity contribution in [3.8, 4) is 0 Å². The highest BCUT2D eigenvalue weighted by Gasteiger charge is 2.24. The van der Waals surface area contributed by atoms with Crippen LogP contribution in [0, 0.1) is 5.92 Å². The molecule has 94 valence electrons. The lowest BCUT2D eigenvalue weighted by Gasteiger charge is -2.37. The molecule has 0 aromatic carbocycles. The first kappa shape index (κ1) is 12.1. The van der Waals surface area contributed by atoms with Crippen molar-refractivity contribution in [3.05, 3.63) is 12.4 Å². The largest absolute Gasteiger partial charge is 0.370 e. The summed E-state index contributed by atoms with van der Waals surface area (Å²) < 4.78 is 0. The molecule has 2 rings (SSSR count). The Balaban J connectivity index is 2.16. The molecule has 4 nitrogen and oxygen atoms in total. The standard InChI is InChI=1S/C13H22N4/c1-4-14-12-7-13(16-9-15-12)17-8-10(2)5-6-11(17)3/h7,9-11H,4-6,8H2,1-3H3,(H,14,15,16). The lowest BCUT2D eigenvalue weighted by Crippen LogP contribution is -2.41. The van der Waals surface area contributed by atoms with Crippen LogP contribution in [0.15, 0.2) is 12.4 Å². The first-order valence-electron chi connectivity index (χ1n) is 6.53. The third-order valence-electron chi connectivity index (χ3n) is 3.42. The van der Waals surface area contributed by atoms with Crippen LogP contribution in [0.5, 0.6) is 0 Å². The summed E-state index contributed by atoms with van der Waals surface area (Å²) >= 11 is 0. The van der Waals surface area contributed by atoms with E-state index in [9.17, 15) is 0 Å². The zero-order valence-corrected chi connectivity index (χ0v) is 11.0. The van der Waals surface area contributed by atoms with E-state index in [4.69, 9.17) is 0 Å². The molecule has 0 amide bonds. The zero-order valence-electron chi connectivity index (χ0n) is 11.0. The Labute approximate surface area is 103 Å². The highest BCUT2D eigenvalue weighted by molar-refractivity contribution is 5.49. The van der Waals surface area contributed by atoms with Crippen LogP contribution in [0.4, 0.5) is 11.6 Å². The Morgan fingerprint density at radius 1 is 1.35 bits per heavy atom. The topological polar surface area (TPSA) is 41.0 Å². The molecule has 0 spiro atoms. The summed E-state index contributed by atoms with van der Waals surface area (Å²) in [5.74, 6) is 2.72. The number of hydrogen-bond donors (Lipinski definition) is 1. The van der Waals surface area contributed by atoms with Gasteiger partial charge in [-0.1, -0.05) is 6.92 Å². The van der Waals surface area contributed by atoms with Crippen LogP contribution >= 0.6 is 0 Å². The Hall–Kier alpha value is -1.32. The summed E-state index contributed by atoms with van der Waals surface area (Å²) in [4.78, 5) is 11.0. The molecule has 1 fully saturated rings. The van der Waals surface area contributed by atoms with Crippen LogP contribution in [0.1, 0.15) is 33.6 Å². The lowest BCUT2D eigenvalue weighted by atomic mass is 9.95. The molecular weight excluding hydrogens is 212 g/mol. The first-order valence-corrected chi connectivity index (χ1v) is 6.53. The van der Waals surface area contributed by atoms with E-state index in [1.165, 1.54) is 12.8 Å². The van der Waals surface area contributed by atoms with Crippen molar-refractivity contribution in [1.82, 2.24) is 9.97 Å². The predicted octanol–water partition coefficient (Wildman–Crippen LogP) is 2.53. The molecule has 1 N–H and O–H groups in total. The fourth-order valence-electron chi connectivity index (χ4n) is 2.39. The van der Waals surface area contributed by atoms with Crippen molar-refractivity contribution in [1.29, 1.82) is 0 Å². The normalized spacial score (nSPS) is 24.8. The average molecular weight is 234 g/mol. The average Bonchev–Trinajstić information content (AvgIpc) is 2.33. The minimum atomic E-state index is 0.579. The van der Waals surface area contributed by atoms with Crippen LogP contribution in [0.3, 0.4) is 0 Å². The zero-order chi connectivity index (χ0) is 12.3. The predicted molar refractivity (Wildman–Crippen MR) is 71.4 cm³/mol. The molecule has 0 bridgehead atoms. The van der Waals surface area contributed by atoms with Crippen LogP contribution in [-0.2, 0) is 0 Å². The van der Waals surface area contributed by atoms with Gasteiger partial charge in [0.05, 0.1) is 0 Å². The summed E-state index contributed by atoms with van der Waals surface area (Å²) in [7, 11) is 0. The van der Waals surface area contributed by atoms with Crippen molar-refractivity contribution in [2.24, 2.45) is 5.92 Å². The molecule has 1 aromatic rings. The van der Waals surface area contributed by atoms with Crippen molar-refractivity contribution in [2.45, 2.75) is 39.7 Å². The summed E-state index contributed by atoms with van der Waals surface area (Å²) in [5.41, 5.74) is 0. The lowest BCUT2D eigenvalue weighted by molar-refractivity contribution is 0.388. The second kappa shape index (κ2) is 5.34. The van der Waals surface area contributed by atoms with Gasteiger partial charge in [0.25, 0.3) is 0 Å². The number of nitrogens with one attached hydrogen (secondary N) is 1. The van der Waals surface area contributed by atoms with Gasteiger partial charge in [-0.2, -0.15) is 0 Å². The number of hydrogen-bond acceptors (Lipinski definition) is 4. The molecule has 1 saturated heterocycles. The van der Waals surface area contributed by atoms with E-state index in [0.717, 1.165) is 30.6 Å². The molecular formula is C13H22N4. The van der Waals surface area contributed by atoms with Crippen LogP contribution in [0.2, 0.25) is 0 Å². The summed E-state index contributed by atoms with van der Waals surface area (Å²) in [5, 5.41) is 3.24. The molecule has 0 radical (unpaired) electrons. The van der Waals surface area contributed by atoms with Gasteiger partial charge in [0.2, 0.25) is 0 Å². The third kappa shape index (κ3) is 2.87. The van der Waals surface area contributed by atoms with Gasteiger partial charge < -0.3 is 10.2 Å². The van der Waals surface area contributed by atoms with E-state index in [2.05, 4.69) is 47.0 Å². The quantitative estimate of drug-likeness (QED) is 0.872. The Bertz CT molecular complexity index is 366. The van der Waals surface area contributed by atoms with Crippen molar-refractivity contribution >= 4 is 11.6 Å². The van der Waals surface area contributed by atoms with Crippen LogP contribution in [0.25, 0.3) is 0 Å². The number of nitrogens with zero attached hydrogens (tertiary/aromatic N) is 3. The van der Waals surface area contributed by atoms with E-state index >= 15 is 0 Å². The van der Waals surface area contributed by atoms with E-state index in [1.54, 1.807) is 6.33 Å². The molecule has 0 saturated carbocycles. The molecule has 1 aromatic heterocycles. The van der Waals surface area contributed by atoms with Gasteiger partial charge in [0.15, 0.2) is 0 Å². The molecule has 1 aliphatic heterocycles.